The van der Waals surface area contributed by atoms with Crippen LogP contribution < -0.4 is 26.6 Å². The zero-order chi connectivity index (χ0) is 28.3. The average Bonchev–Trinajstić information content (AvgIpc) is 2.82. The van der Waals surface area contributed by atoms with Crippen LogP contribution in [0, 0.1) is 17.8 Å². The molecule has 0 saturated carbocycles. The van der Waals surface area contributed by atoms with E-state index in [1.165, 1.54) is 23.5 Å². The van der Waals surface area contributed by atoms with Crippen LogP contribution in [0.4, 0.5) is 0 Å². The van der Waals surface area contributed by atoms with E-state index in [0.29, 0.717) is 12.8 Å². The Labute approximate surface area is 229 Å². The lowest BCUT2D eigenvalue weighted by molar-refractivity contribution is -0.135. The first-order valence-electron chi connectivity index (χ1n) is 12.9. The number of nitrogens with one attached hydrogen (secondary N) is 5. The topological polar surface area (TPSA) is 146 Å². The van der Waals surface area contributed by atoms with E-state index in [1.54, 1.807) is 13.8 Å². The van der Waals surface area contributed by atoms with E-state index >= 15 is 0 Å². The molecule has 1 heterocycles. The van der Waals surface area contributed by atoms with Crippen molar-refractivity contribution in [3.8, 4) is 0 Å². The first-order chi connectivity index (χ1) is 17.4. The Morgan fingerprint density at radius 1 is 0.622 bits per heavy atom. The average molecular weight is 560 g/mol. The molecule has 212 valence electrons. The minimum atomic E-state index is -0.909. The van der Waals surface area contributed by atoms with Crippen LogP contribution in [0.3, 0.4) is 0 Å². The van der Waals surface area contributed by atoms with Gasteiger partial charge in [0.2, 0.25) is 29.5 Å². The normalized spacial score (nSPS) is 27.4. The van der Waals surface area contributed by atoms with Gasteiger partial charge in [-0.3, -0.25) is 24.0 Å². The number of hydrogen-bond donors (Lipinski definition) is 5. The van der Waals surface area contributed by atoms with Crippen molar-refractivity contribution in [1.82, 2.24) is 26.6 Å². The van der Waals surface area contributed by atoms with Crippen molar-refractivity contribution in [3.05, 3.63) is 0 Å². The fraction of sp³-hybridized carbons (Fsp3) is 0.800. The van der Waals surface area contributed by atoms with E-state index in [2.05, 4.69) is 26.6 Å². The van der Waals surface area contributed by atoms with Crippen molar-refractivity contribution in [2.45, 2.75) is 84.6 Å². The molecule has 0 spiro atoms. The van der Waals surface area contributed by atoms with E-state index < -0.39 is 59.7 Å². The summed E-state index contributed by atoms with van der Waals surface area (Å²) in [6.07, 6.45) is 4.60. The molecule has 0 aromatic carbocycles. The van der Waals surface area contributed by atoms with Crippen LogP contribution in [0.2, 0.25) is 0 Å². The molecule has 10 nitrogen and oxygen atoms in total. The second-order valence-corrected chi connectivity index (χ2v) is 12.1. The van der Waals surface area contributed by atoms with Crippen molar-refractivity contribution in [2.24, 2.45) is 17.8 Å². The largest absolute Gasteiger partial charge is 0.343 e. The molecule has 1 aliphatic heterocycles. The van der Waals surface area contributed by atoms with Gasteiger partial charge in [0.15, 0.2) is 0 Å². The Hall–Kier alpha value is -1.95. The summed E-state index contributed by atoms with van der Waals surface area (Å²) >= 11 is 2.76. The fourth-order valence-corrected chi connectivity index (χ4v) is 5.08. The van der Waals surface area contributed by atoms with Gasteiger partial charge in [0.1, 0.15) is 30.2 Å². The summed E-state index contributed by atoms with van der Waals surface area (Å²) in [6, 6.07) is -4.50. The van der Waals surface area contributed by atoms with E-state index in [-0.39, 0.29) is 29.3 Å². The second-order valence-electron chi connectivity index (χ2n) is 10.3. The molecule has 37 heavy (non-hydrogen) atoms. The van der Waals surface area contributed by atoms with Gasteiger partial charge in [-0.15, -0.1) is 0 Å². The highest BCUT2D eigenvalue weighted by Crippen LogP contribution is 2.13. The number of hydrogen-bond acceptors (Lipinski definition) is 7. The lowest BCUT2D eigenvalue weighted by Gasteiger charge is -2.29. The predicted molar refractivity (Wildman–Crippen MR) is 150 cm³/mol. The third kappa shape index (κ3) is 10.4. The maximum Gasteiger partial charge on any atom is 0.244 e. The summed E-state index contributed by atoms with van der Waals surface area (Å²) in [5, 5.41) is 13.9. The minimum Gasteiger partial charge on any atom is -0.343 e. The van der Waals surface area contributed by atoms with Crippen molar-refractivity contribution < 1.29 is 24.0 Å². The van der Waals surface area contributed by atoms with Crippen LogP contribution in [-0.2, 0) is 24.0 Å². The first-order valence-corrected chi connectivity index (χ1v) is 15.6. The standard InChI is InChI=1S/C25H45N5O5S2/c1-9-15(6)20-25(35)28-17(11-36-7)22(32)27-18(12-37-8)23(33)29-19(14(4)5)24(34)26-16(10-13(2)3)21(31)30-20/h13-20H,9-12H2,1-8H3,(H,26,34)(H,27,32)(H,28,35)(H,29,33)(H,30,31)/t15-,16+,17+,18+,19-,20-/m0/s1. The maximum atomic E-state index is 13.4. The van der Waals surface area contributed by atoms with Crippen LogP contribution in [0.1, 0.15) is 54.4 Å². The molecule has 0 aliphatic carbocycles. The number of rotatable bonds is 9. The number of amides is 5. The van der Waals surface area contributed by atoms with Gasteiger partial charge in [-0.1, -0.05) is 48.0 Å². The van der Waals surface area contributed by atoms with Crippen molar-refractivity contribution in [3.63, 3.8) is 0 Å². The molecule has 1 aliphatic rings. The molecule has 1 rings (SSSR count). The van der Waals surface area contributed by atoms with Gasteiger partial charge < -0.3 is 26.6 Å². The summed E-state index contributed by atoms with van der Waals surface area (Å²) in [6.45, 7) is 11.2. The van der Waals surface area contributed by atoms with E-state index in [9.17, 15) is 24.0 Å². The molecule has 5 amide bonds. The Morgan fingerprint density at radius 3 is 1.49 bits per heavy atom. The van der Waals surface area contributed by atoms with Gasteiger partial charge in [-0.2, -0.15) is 23.5 Å². The third-order valence-electron chi connectivity index (χ3n) is 6.31. The monoisotopic (exact) mass is 559 g/mol. The summed E-state index contributed by atoms with van der Waals surface area (Å²) in [5.41, 5.74) is 0. The summed E-state index contributed by atoms with van der Waals surface area (Å²) in [5.74, 6) is -2.26. The number of carbonyl (C=O) groups excluding carboxylic acids is 5. The van der Waals surface area contributed by atoms with Crippen molar-refractivity contribution >= 4 is 53.1 Å². The lowest BCUT2D eigenvalue weighted by Crippen LogP contribution is -2.59. The Morgan fingerprint density at radius 2 is 1.03 bits per heavy atom. The number of thioether (sulfide) groups is 2. The Balaban J connectivity index is 3.55. The molecule has 12 heteroatoms. The Bertz CT molecular complexity index is 810. The predicted octanol–water partition coefficient (Wildman–Crippen LogP) is 0.898. The van der Waals surface area contributed by atoms with E-state index in [4.69, 9.17) is 0 Å². The minimum absolute atomic E-state index is 0.0832. The molecule has 0 unspecified atom stereocenters. The highest BCUT2D eigenvalue weighted by Gasteiger charge is 2.36. The molecule has 0 radical (unpaired) electrons. The summed E-state index contributed by atoms with van der Waals surface area (Å²) in [7, 11) is 0. The van der Waals surface area contributed by atoms with Crippen molar-refractivity contribution in [1.29, 1.82) is 0 Å². The van der Waals surface area contributed by atoms with Gasteiger partial charge in [0, 0.05) is 11.5 Å². The van der Waals surface area contributed by atoms with Crippen LogP contribution in [0.25, 0.3) is 0 Å². The van der Waals surface area contributed by atoms with Gasteiger partial charge in [0.05, 0.1) is 0 Å². The highest BCUT2D eigenvalue weighted by atomic mass is 32.2. The van der Waals surface area contributed by atoms with E-state index in [1.807, 2.05) is 40.2 Å². The van der Waals surface area contributed by atoms with Crippen LogP contribution in [0.15, 0.2) is 0 Å². The van der Waals surface area contributed by atoms with Crippen LogP contribution >= 0.6 is 23.5 Å². The zero-order valence-corrected chi connectivity index (χ0v) is 24.9. The molecule has 1 fully saturated rings. The molecular weight excluding hydrogens is 514 g/mol. The SMILES string of the molecule is CC[C@H](C)[C@@H]1NC(=O)[C@@H](CC(C)C)NC(=O)[C@H](C(C)C)NC(=O)[C@@H](CSC)NC(=O)[C@@H](CSC)NC1=O. The van der Waals surface area contributed by atoms with Crippen LogP contribution in [-0.4, -0.2) is 83.8 Å². The van der Waals surface area contributed by atoms with Gasteiger partial charge in [-0.25, -0.2) is 0 Å². The zero-order valence-electron chi connectivity index (χ0n) is 23.3. The maximum absolute atomic E-state index is 13.4. The molecule has 0 bridgehead atoms. The number of carbonyl (C=O) groups is 5. The van der Waals surface area contributed by atoms with Gasteiger partial charge in [0.25, 0.3) is 0 Å². The smallest absolute Gasteiger partial charge is 0.244 e. The molecule has 5 N–H and O–H groups in total. The van der Waals surface area contributed by atoms with Crippen LogP contribution in [0.5, 0.6) is 0 Å². The molecule has 0 aromatic heterocycles. The quantitative estimate of drug-likeness (QED) is 0.282. The Kier molecular flexibility index (Phi) is 14.4. The molecule has 1 saturated heterocycles. The highest BCUT2D eigenvalue weighted by molar-refractivity contribution is 7.98. The summed E-state index contributed by atoms with van der Waals surface area (Å²) < 4.78 is 0. The van der Waals surface area contributed by atoms with Gasteiger partial charge >= 0.3 is 0 Å². The fourth-order valence-electron chi connectivity index (χ4n) is 3.94. The molecule has 6 atom stereocenters. The second kappa shape index (κ2) is 16.1. The molecular formula is C25H45N5O5S2. The third-order valence-corrected chi connectivity index (χ3v) is 7.65. The van der Waals surface area contributed by atoms with Crippen molar-refractivity contribution in [2.75, 3.05) is 24.0 Å². The lowest BCUT2D eigenvalue weighted by atomic mass is 9.96. The van der Waals surface area contributed by atoms with Gasteiger partial charge in [-0.05, 0) is 36.7 Å². The van der Waals surface area contributed by atoms with E-state index in [0.717, 1.165) is 0 Å². The summed E-state index contributed by atoms with van der Waals surface area (Å²) in [4.78, 5) is 66.4. The first kappa shape index (κ1) is 33.1. The molecule has 0 aromatic rings.